The Morgan fingerprint density at radius 3 is 2.65 bits per heavy atom. The molecular weight excluding hydrogens is 278 g/mol. The predicted molar refractivity (Wildman–Crippen MR) is 75.7 cm³/mol. The lowest BCUT2D eigenvalue weighted by atomic mass is 9.80. The van der Waals surface area contributed by atoms with Crippen molar-refractivity contribution in [2.45, 2.75) is 45.6 Å². The van der Waals surface area contributed by atoms with E-state index in [1.54, 1.807) is 0 Å². The highest BCUT2D eigenvalue weighted by molar-refractivity contribution is 9.09. The highest BCUT2D eigenvalue weighted by Crippen LogP contribution is 2.36. The molecule has 100 valence electrons. The molecule has 3 heteroatoms. The quantitative estimate of drug-likeness (QED) is 0.742. The van der Waals surface area contributed by atoms with Gasteiger partial charge in [0, 0.05) is 31.1 Å². The zero-order valence-corrected chi connectivity index (χ0v) is 12.8. The summed E-state index contributed by atoms with van der Waals surface area (Å²) in [6.07, 6.45) is 5.22. The number of alkyl halides is 1. The molecule has 0 aromatic heterocycles. The van der Waals surface area contributed by atoms with Crippen LogP contribution in [-0.4, -0.2) is 42.6 Å². The van der Waals surface area contributed by atoms with Gasteiger partial charge in [0.05, 0.1) is 0 Å². The van der Waals surface area contributed by atoms with E-state index in [0.29, 0.717) is 5.41 Å². The molecule has 2 nitrogen and oxygen atoms in total. The number of ether oxygens (including phenoxy) is 1. The Bertz CT molecular complexity index is 240. The van der Waals surface area contributed by atoms with Gasteiger partial charge in [0.15, 0.2) is 0 Å². The van der Waals surface area contributed by atoms with E-state index < -0.39 is 0 Å². The number of nitrogens with zero attached hydrogens (tertiary/aromatic N) is 1. The second kappa shape index (κ2) is 6.03. The van der Waals surface area contributed by atoms with Crippen LogP contribution in [0.5, 0.6) is 0 Å². The molecule has 17 heavy (non-hydrogen) atoms. The summed E-state index contributed by atoms with van der Waals surface area (Å²) >= 11 is 3.75. The van der Waals surface area contributed by atoms with Crippen LogP contribution < -0.4 is 0 Å². The molecule has 2 atom stereocenters. The lowest BCUT2D eigenvalue weighted by molar-refractivity contribution is -0.0104. The lowest BCUT2D eigenvalue weighted by Gasteiger charge is -2.45. The Balaban J connectivity index is 1.97. The van der Waals surface area contributed by atoms with Crippen LogP contribution in [0.3, 0.4) is 0 Å². The van der Waals surface area contributed by atoms with E-state index in [0.717, 1.165) is 30.5 Å². The summed E-state index contributed by atoms with van der Waals surface area (Å²) in [5.74, 6) is 0.857. The Labute approximate surface area is 114 Å². The van der Waals surface area contributed by atoms with Crippen LogP contribution in [0.2, 0.25) is 0 Å². The lowest BCUT2D eigenvalue weighted by Crippen LogP contribution is -2.50. The smallest absolute Gasteiger partial charge is 0.0472 e. The second-order valence-electron chi connectivity index (χ2n) is 6.08. The van der Waals surface area contributed by atoms with Gasteiger partial charge in [-0.3, -0.25) is 4.90 Å². The SMILES string of the molecule is CC1CCCN(CC2(CBr)CCOCC2)C1C. The third-order valence-corrected chi connectivity index (χ3v) is 6.07. The first kappa shape index (κ1) is 13.8. The van der Waals surface area contributed by atoms with Crippen molar-refractivity contribution in [3.8, 4) is 0 Å². The van der Waals surface area contributed by atoms with Crippen LogP contribution in [0.4, 0.5) is 0 Å². The standard InChI is InChI=1S/C14H26BrNO/c1-12-4-3-7-16(13(12)2)11-14(10-15)5-8-17-9-6-14/h12-13H,3-11H2,1-2H3. The first-order valence-electron chi connectivity index (χ1n) is 7.05. The van der Waals surface area contributed by atoms with Crippen molar-refractivity contribution in [1.29, 1.82) is 0 Å². The average molecular weight is 304 g/mol. The van der Waals surface area contributed by atoms with Gasteiger partial charge >= 0.3 is 0 Å². The molecule has 2 fully saturated rings. The molecule has 2 rings (SSSR count). The Morgan fingerprint density at radius 2 is 2.00 bits per heavy atom. The maximum atomic E-state index is 5.52. The van der Waals surface area contributed by atoms with Crippen LogP contribution in [0.1, 0.15) is 39.5 Å². The summed E-state index contributed by atoms with van der Waals surface area (Å²) in [5.41, 5.74) is 0.462. The van der Waals surface area contributed by atoms with Crippen molar-refractivity contribution in [3.05, 3.63) is 0 Å². The van der Waals surface area contributed by atoms with Gasteiger partial charge in [-0.15, -0.1) is 0 Å². The molecule has 2 aliphatic heterocycles. The summed E-state index contributed by atoms with van der Waals surface area (Å²) in [4.78, 5) is 2.72. The van der Waals surface area contributed by atoms with Gasteiger partial charge < -0.3 is 4.74 Å². The van der Waals surface area contributed by atoms with Gasteiger partial charge in [0.25, 0.3) is 0 Å². The first-order valence-corrected chi connectivity index (χ1v) is 8.17. The van der Waals surface area contributed by atoms with E-state index in [2.05, 4.69) is 34.7 Å². The fraction of sp³-hybridized carbons (Fsp3) is 1.00. The normalized spacial score (nSPS) is 34.8. The van der Waals surface area contributed by atoms with Crippen molar-refractivity contribution in [2.24, 2.45) is 11.3 Å². The summed E-state index contributed by atoms with van der Waals surface area (Å²) < 4.78 is 5.52. The third kappa shape index (κ3) is 3.24. The van der Waals surface area contributed by atoms with Gasteiger partial charge in [0.1, 0.15) is 0 Å². The fourth-order valence-electron chi connectivity index (χ4n) is 3.21. The maximum absolute atomic E-state index is 5.52. The number of likely N-dealkylation sites (tertiary alicyclic amines) is 1. The van der Waals surface area contributed by atoms with Crippen molar-refractivity contribution in [3.63, 3.8) is 0 Å². The highest BCUT2D eigenvalue weighted by atomic mass is 79.9. The largest absolute Gasteiger partial charge is 0.381 e. The molecule has 2 unspecified atom stereocenters. The molecule has 2 saturated heterocycles. The van der Waals surface area contributed by atoms with Gasteiger partial charge in [-0.2, -0.15) is 0 Å². The van der Waals surface area contributed by atoms with Crippen LogP contribution in [0, 0.1) is 11.3 Å². The number of rotatable bonds is 3. The van der Waals surface area contributed by atoms with Crippen molar-refractivity contribution < 1.29 is 4.74 Å². The van der Waals surface area contributed by atoms with Crippen molar-refractivity contribution in [2.75, 3.05) is 31.6 Å². The van der Waals surface area contributed by atoms with Gasteiger partial charge in [-0.05, 0) is 50.5 Å². The number of hydrogen-bond donors (Lipinski definition) is 0. The summed E-state index contributed by atoms with van der Waals surface area (Å²) in [5, 5.41) is 1.13. The molecule has 2 heterocycles. The Hall–Kier alpha value is 0.400. The van der Waals surface area contributed by atoms with E-state index in [9.17, 15) is 0 Å². The third-order valence-electron chi connectivity index (χ3n) is 4.88. The number of halogens is 1. The molecule has 0 bridgehead atoms. The zero-order valence-electron chi connectivity index (χ0n) is 11.3. The van der Waals surface area contributed by atoms with E-state index in [1.165, 1.54) is 38.8 Å². The molecule has 0 amide bonds. The Kier molecular flexibility index (Phi) is 4.90. The molecule has 0 aromatic rings. The molecule has 2 aliphatic rings. The first-order chi connectivity index (χ1) is 8.17. The van der Waals surface area contributed by atoms with Crippen LogP contribution in [-0.2, 0) is 4.74 Å². The van der Waals surface area contributed by atoms with Crippen molar-refractivity contribution in [1.82, 2.24) is 4.90 Å². The molecule has 0 N–H and O–H groups in total. The van der Waals surface area contributed by atoms with E-state index in [-0.39, 0.29) is 0 Å². The van der Waals surface area contributed by atoms with Crippen LogP contribution in [0.15, 0.2) is 0 Å². The monoisotopic (exact) mass is 303 g/mol. The zero-order chi connectivity index (χ0) is 12.3. The Morgan fingerprint density at radius 1 is 1.29 bits per heavy atom. The summed E-state index contributed by atoms with van der Waals surface area (Å²) in [6.45, 7) is 9.26. The van der Waals surface area contributed by atoms with Crippen LogP contribution >= 0.6 is 15.9 Å². The predicted octanol–water partition coefficient (Wildman–Crippen LogP) is 3.30. The minimum Gasteiger partial charge on any atom is -0.381 e. The number of hydrogen-bond acceptors (Lipinski definition) is 2. The van der Waals surface area contributed by atoms with Gasteiger partial charge in [-0.1, -0.05) is 22.9 Å². The molecule has 0 spiro atoms. The van der Waals surface area contributed by atoms with Gasteiger partial charge in [-0.25, -0.2) is 0 Å². The second-order valence-corrected chi connectivity index (χ2v) is 6.64. The molecular formula is C14H26BrNO. The average Bonchev–Trinajstić information content (AvgIpc) is 2.36. The van der Waals surface area contributed by atoms with Gasteiger partial charge in [0.2, 0.25) is 0 Å². The van der Waals surface area contributed by atoms with E-state index >= 15 is 0 Å². The molecule has 0 saturated carbocycles. The highest BCUT2D eigenvalue weighted by Gasteiger charge is 2.36. The molecule has 0 radical (unpaired) electrons. The topological polar surface area (TPSA) is 12.5 Å². The minimum absolute atomic E-state index is 0.462. The minimum atomic E-state index is 0.462. The van der Waals surface area contributed by atoms with Crippen LogP contribution in [0.25, 0.3) is 0 Å². The summed E-state index contributed by atoms with van der Waals surface area (Å²) in [7, 11) is 0. The molecule has 0 aromatic carbocycles. The van der Waals surface area contributed by atoms with E-state index in [4.69, 9.17) is 4.74 Å². The maximum Gasteiger partial charge on any atom is 0.0472 e. The summed E-state index contributed by atoms with van der Waals surface area (Å²) in [6, 6.07) is 0.752. The van der Waals surface area contributed by atoms with Crippen molar-refractivity contribution >= 4 is 15.9 Å². The van der Waals surface area contributed by atoms with E-state index in [1.807, 2.05) is 0 Å². The molecule has 0 aliphatic carbocycles. The number of piperidine rings is 1. The fourth-order valence-corrected chi connectivity index (χ4v) is 3.95.